The summed E-state index contributed by atoms with van der Waals surface area (Å²) in [7, 11) is 0. The van der Waals surface area contributed by atoms with Crippen LogP contribution in [0.1, 0.15) is 47.3 Å². The molecular formula is C18H21BrN2O. The van der Waals surface area contributed by atoms with Crippen LogP contribution in [0, 0.1) is 0 Å². The van der Waals surface area contributed by atoms with E-state index in [2.05, 4.69) is 47.2 Å². The zero-order chi connectivity index (χ0) is 16.1. The maximum atomic E-state index is 12.1. The summed E-state index contributed by atoms with van der Waals surface area (Å²) in [5.41, 5.74) is 9.08. The number of carbonyl (C=O) groups excluding carboxylic acids is 1. The summed E-state index contributed by atoms with van der Waals surface area (Å²) >= 11 is 3.38. The molecule has 2 aromatic rings. The summed E-state index contributed by atoms with van der Waals surface area (Å²) < 4.78 is 0.780. The fraction of sp³-hybridized carbons (Fsp3) is 0.278. The van der Waals surface area contributed by atoms with Crippen molar-refractivity contribution in [3.63, 3.8) is 0 Å². The fourth-order valence-corrected chi connectivity index (χ4v) is 2.65. The molecule has 0 fully saturated rings. The Balaban J connectivity index is 1.96. The molecule has 116 valence electrons. The standard InChI is InChI=1S/C18H21BrN2O/c1-12(2)13-7-9-14(10-8-13)17(20)11-21-18(22)15-5-3-4-6-16(15)19/h3-10,12,17H,11,20H2,1-2H3,(H,21,22). The fourth-order valence-electron chi connectivity index (χ4n) is 2.19. The first-order chi connectivity index (χ1) is 10.5. The van der Waals surface area contributed by atoms with Gasteiger partial charge in [-0.25, -0.2) is 0 Å². The molecule has 1 amide bonds. The molecule has 0 aliphatic heterocycles. The van der Waals surface area contributed by atoms with E-state index in [-0.39, 0.29) is 11.9 Å². The van der Waals surface area contributed by atoms with E-state index < -0.39 is 0 Å². The molecule has 1 unspecified atom stereocenters. The molecule has 3 N–H and O–H groups in total. The van der Waals surface area contributed by atoms with Gasteiger partial charge in [-0.3, -0.25) is 4.79 Å². The highest BCUT2D eigenvalue weighted by Gasteiger charge is 2.12. The van der Waals surface area contributed by atoms with Gasteiger partial charge in [-0.1, -0.05) is 50.2 Å². The molecule has 0 radical (unpaired) electrons. The number of hydrogen-bond donors (Lipinski definition) is 2. The van der Waals surface area contributed by atoms with Crippen LogP contribution in [0.15, 0.2) is 53.0 Å². The van der Waals surface area contributed by atoms with Crippen LogP contribution in [0.4, 0.5) is 0 Å². The van der Waals surface area contributed by atoms with Crippen molar-refractivity contribution in [2.24, 2.45) is 5.73 Å². The molecular weight excluding hydrogens is 340 g/mol. The monoisotopic (exact) mass is 360 g/mol. The van der Waals surface area contributed by atoms with Gasteiger partial charge in [0.2, 0.25) is 0 Å². The minimum atomic E-state index is -0.215. The number of benzene rings is 2. The average molecular weight is 361 g/mol. The third-order valence-corrected chi connectivity index (χ3v) is 4.32. The highest BCUT2D eigenvalue weighted by atomic mass is 79.9. The normalized spacial score (nSPS) is 12.2. The zero-order valence-electron chi connectivity index (χ0n) is 12.8. The molecule has 0 aromatic heterocycles. The minimum absolute atomic E-state index is 0.123. The first kappa shape index (κ1) is 16.7. The Labute approximate surface area is 140 Å². The van der Waals surface area contributed by atoms with E-state index in [4.69, 9.17) is 5.73 Å². The number of nitrogens with two attached hydrogens (primary N) is 1. The topological polar surface area (TPSA) is 55.1 Å². The second kappa shape index (κ2) is 7.56. The van der Waals surface area contributed by atoms with E-state index in [1.807, 2.05) is 30.3 Å². The van der Waals surface area contributed by atoms with E-state index >= 15 is 0 Å². The summed E-state index contributed by atoms with van der Waals surface area (Å²) in [5, 5.41) is 2.88. The largest absolute Gasteiger partial charge is 0.350 e. The van der Waals surface area contributed by atoms with Gasteiger partial charge in [0.1, 0.15) is 0 Å². The second-order valence-electron chi connectivity index (χ2n) is 5.62. The summed E-state index contributed by atoms with van der Waals surface area (Å²) in [6.45, 7) is 4.72. The highest BCUT2D eigenvalue weighted by Crippen LogP contribution is 2.18. The number of hydrogen-bond acceptors (Lipinski definition) is 2. The molecule has 1 atom stereocenters. The molecule has 0 aliphatic rings. The van der Waals surface area contributed by atoms with Crippen LogP contribution in [-0.2, 0) is 0 Å². The van der Waals surface area contributed by atoms with Crippen LogP contribution < -0.4 is 11.1 Å². The third-order valence-electron chi connectivity index (χ3n) is 3.63. The van der Waals surface area contributed by atoms with Crippen LogP contribution in [0.2, 0.25) is 0 Å². The molecule has 0 saturated carbocycles. The van der Waals surface area contributed by atoms with Crippen molar-refractivity contribution < 1.29 is 4.79 Å². The number of halogens is 1. The van der Waals surface area contributed by atoms with Crippen molar-refractivity contribution >= 4 is 21.8 Å². The predicted octanol–water partition coefficient (Wildman–Crippen LogP) is 4.00. The van der Waals surface area contributed by atoms with Crippen molar-refractivity contribution in [3.8, 4) is 0 Å². The van der Waals surface area contributed by atoms with Gasteiger partial charge in [0.15, 0.2) is 0 Å². The lowest BCUT2D eigenvalue weighted by Crippen LogP contribution is -2.32. The van der Waals surface area contributed by atoms with Crippen molar-refractivity contribution in [2.45, 2.75) is 25.8 Å². The van der Waals surface area contributed by atoms with E-state index in [0.717, 1.165) is 10.0 Å². The van der Waals surface area contributed by atoms with Gasteiger partial charge in [0.25, 0.3) is 5.91 Å². The quantitative estimate of drug-likeness (QED) is 0.846. The molecule has 3 nitrogen and oxygen atoms in total. The van der Waals surface area contributed by atoms with Crippen LogP contribution in [0.5, 0.6) is 0 Å². The third kappa shape index (κ3) is 4.18. The lowest BCUT2D eigenvalue weighted by Gasteiger charge is -2.15. The Morgan fingerprint density at radius 3 is 2.27 bits per heavy atom. The van der Waals surface area contributed by atoms with Gasteiger partial charge in [-0.05, 0) is 45.1 Å². The summed E-state index contributed by atoms with van der Waals surface area (Å²) in [4.78, 5) is 12.1. The summed E-state index contributed by atoms with van der Waals surface area (Å²) in [6.07, 6.45) is 0. The molecule has 0 bridgehead atoms. The maximum Gasteiger partial charge on any atom is 0.252 e. The molecule has 0 saturated heterocycles. The molecule has 0 aliphatic carbocycles. The molecule has 0 heterocycles. The molecule has 2 rings (SSSR count). The number of amides is 1. The van der Waals surface area contributed by atoms with E-state index in [1.165, 1.54) is 5.56 Å². The van der Waals surface area contributed by atoms with Gasteiger partial charge in [0, 0.05) is 17.1 Å². The van der Waals surface area contributed by atoms with E-state index in [1.54, 1.807) is 6.07 Å². The minimum Gasteiger partial charge on any atom is -0.350 e. The Kier molecular flexibility index (Phi) is 5.75. The molecule has 2 aromatic carbocycles. The Morgan fingerprint density at radius 1 is 1.09 bits per heavy atom. The molecule has 4 heteroatoms. The summed E-state index contributed by atoms with van der Waals surface area (Å²) in [6, 6.07) is 15.4. The highest BCUT2D eigenvalue weighted by molar-refractivity contribution is 9.10. The SMILES string of the molecule is CC(C)c1ccc(C(N)CNC(=O)c2ccccc2Br)cc1. The van der Waals surface area contributed by atoms with Crippen LogP contribution in [0.3, 0.4) is 0 Å². The van der Waals surface area contributed by atoms with Gasteiger partial charge < -0.3 is 11.1 Å². The van der Waals surface area contributed by atoms with Crippen molar-refractivity contribution in [3.05, 3.63) is 69.7 Å². The number of nitrogens with one attached hydrogen (secondary N) is 1. The lowest BCUT2D eigenvalue weighted by atomic mass is 9.99. The Hall–Kier alpha value is -1.65. The van der Waals surface area contributed by atoms with Crippen molar-refractivity contribution in [2.75, 3.05) is 6.54 Å². The van der Waals surface area contributed by atoms with Gasteiger partial charge >= 0.3 is 0 Å². The lowest BCUT2D eigenvalue weighted by molar-refractivity contribution is 0.0950. The van der Waals surface area contributed by atoms with Crippen LogP contribution in [0.25, 0.3) is 0 Å². The zero-order valence-corrected chi connectivity index (χ0v) is 14.4. The number of rotatable bonds is 5. The number of carbonyl (C=O) groups is 1. The first-order valence-corrected chi connectivity index (χ1v) is 8.16. The molecule has 0 spiro atoms. The van der Waals surface area contributed by atoms with Gasteiger partial charge in [-0.15, -0.1) is 0 Å². The summed E-state index contributed by atoms with van der Waals surface area (Å²) in [5.74, 6) is 0.377. The van der Waals surface area contributed by atoms with Gasteiger partial charge in [-0.2, -0.15) is 0 Å². The predicted molar refractivity (Wildman–Crippen MR) is 93.9 cm³/mol. The van der Waals surface area contributed by atoms with Gasteiger partial charge in [0.05, 0.1) is 5.56 Å². The van der Waals surface area contributed by atoms with Crippen LogP contribution >= 0.6 is 15.9 Å². The Bertz CT molecular complexity index is 638. The average Bonchev–Trinajstić information content (AvgIpc) is 2.52. The van der Waals surface area contributed by atoms with Crippen molar-refractivity contribution in [1.29, 1.82) is 0 Å². The van der Waals surface area contributed by atoms with E-state index in [9.17, 15) is 4.79 Å². The molecule has 22 heavy (non-hydrogen) atoms. The Morgan fingerprint density at radius 2 is 1.68 bits per heavy atom. The first-order valence-electron chi connectivity index (χ1n) is 7.37. The van der Waals surface area contributed by atoms with Crippen LogP contribution in [-0.4, -0.2) is 12.5 Å². The maximum absolute atomic E-state index is 12.1. The van der Waals surface area contributed by atoms with Crippen molar-refractivity contribution in [1.82, 2.24) is 5.32 Å². The van der Waals surface area contributed by atoms with E-state index in [0.29, 0.717) is 18.0 Å². The smallest absolute Gasteiger partial charge is 0.252 e. The second-order valence-corrected chi connectivity index (χ2v) is 6.47.